The molecule has 1 N–H and O–H groups in total. The zero-order valence-corrected chi connectivity index (χ0v) is 17.1. The molecule has 2 aromatic rings. The number of nitriles is 2. The zero-order chi connectivity index (χ0) is 21.3. The average molecular weight is 399 g/mol. The Morgan fingerprint density at radius 3 is 2.57 bits per heavy atom. The fourth-order valence-electron chi connectivity index (χ4n) is 3.67. The second kappa shape index (κ2) is 10.3. The van der Waals surface area contributed by atoms with Gasteiger partial charge in [0.25, 0.3) is 5.91 Å². The molecule has 5 nitrogen and oxygen atoms in total. The topological polar surface area (TPSA) is 85.9 Å². The summed E-state index contributed by atoms with van der Waals surface area (Å²) in [6.45, 7) is 2.44. The normalized spacial score (nSPS) is 18.7. The fourth-order valence-corrected chi connectivity index (χ4v) is 3.67. The molecule has 2 atom stereocenters. The summed E-state index contributed by atoms with van der Waals surface area (Å²) >= 11 is 0. The lowest BCUT2D eigenvalue weighted by Crippen LogP contribution is -2.41. The monoisotopic (exact) mass is 399 g/mol. The van der Waals surface area contributed by atoms with Crippen LogP contribution in [0.15, 0.2) is 54.1 Å². The maximum absolute atomic E-state index is 12.5. The van der Waals surface area contributed by atoms with Crippen molar-refractivity contribution < 1.29 is 9.53 Å². The van der Waals surface area contributed by atoms with Crippen LogP contribution in [0.3, 0.4) is 0 Å². The van der Waals surface area contributed by atoms with Crippen molar-refractivity contribution in [3.8, 4) is 17.9 Å². The van der Waals surface area contributed by atoms with Gasteiger partial charge in [-0.15, -0.1) is 0 Å². The van der Waals surface area contributed by atoms with Crippen LogP contribution in [0.5, 0.6) is 5.75 Å². The number of hydrogen-bond donors (Lipinski definition) is 1. The molecular weight excluding hydrogens is 374 g/mol. The van der Waals surface area contributed by atoms with Crippen molar-refractivity contribution >= 4 is 12.0 Å². The largest absolute Gasteiger partial charge is 0.489 e. The quantitative estimate of drug-likeness (QED) is 0.561. The first-order valence-electron chi connectivity index (χ1n) is 10.2. The van der Waals surface area contributed by atoms with E-state index in [4.69, 9.17) is 10.00 Å². The predicted octanol–water partition coefficient (Wildman–Crippen LogP) is 4.74. The first-order valence-corrected chi connectivity index (χ1v) is 10.2. The van der Waals surface area contributed by atoms with E-state index >= 15 is 0 Å². The smallest absolute Gasteiger partial charge is 0.262 e. The minimum atomic E-state index is -0.315. The highest BCUT2D eigenvalue weighted by atomic mass is 16.5. The highest BCUT2D eigenvalue weighted by molar-refractivity contribution is 6.01. The summed E-state index contributed by atoms with van der Waals surface area (Å²) in [5.74, 6) is 0.772. The molecule has 1 saturated carbocycles. The van der Waals surface area contributed by atoms with E-state index in [0.29, 0.717) is 23.8 Å². The molecule has 0 unspecified atom stereocenters. The molecule has 3 rings (SSSR count). The van der Waals surface area contributed by atoms with Crippen LogP contribution in [-0.2, 0) is 11.4 Å². The van der Waals surface area contributed by atoms with Crippen molar-refractivity contribution in [2.24, 2.45) is 5.92 Å². The standard InChI is InChI=1S/C25H25N3O2/c1-18-6-2-5-9-24(18)28-25(29)22(16-27)14-19-10-12-23(13-11-19)30-17-21-8-4-3-7-20(21)15-26/h3-4,7-8,10-14,18,24H,2,5-6,9,17H2,1H3,(H,28,29)/b22-14+/t18-,24-/m1/s1. The van der Waals surface area contributed by atoms with Gasteiger partial charge >= 0.3 is 0 Å². The molecule has 1 amide bonds. The summed E-state index contributed by atoms with van der Waals surface area (Å²) in [6, 6.07) is 18.8. The minimum Gasteiger partial charge on any atom is -0.489 e. The van der Waals surface area contributed by atoms with Crippen molar-refractivity contribution in [3.63, 3.8) is 0 Å². The Hall–Kier alpha value is -3.57. The van der Waals surface area contributed by atoms with Crippen LogP contribution in [0, 0.1) is 28.6 Å². The maximum Gasteiger partial charge on any atom is 0.262 e. The number of carbonyl (C=O) groups is 1. The summed E-state index contributed by atoms with van der Waals surface area (Å²) in [7, 11) is 0. The van der Waals surface area contributed by atoms with E-state index in [-0.39, 0.29) is 17.5 Å². The predicted molar refractivity (Wildman–Crippen MR) is 115 cm³/mol. The Balaban J connectivity index is 1.62. The third-order valence-electron chi connectivity index (χ3n) is 5.52. The Labute approximate surface area is 177 Å². The molecule has 0 bridgehead atoms. The van der Waals surface area contributed by atoms with E-state index in [1.165, 1.54) is 6.42 Å². The number of benzene rings is 2. The number of amides is 1. The Morgan fingerprint density at radius 2 is 1.87 bits per heavy atom. The first-order chi connectivity index (χ1) is 14.6. The average Bonchev–Trinajstić information content (AvgIpc) is 2.78. The summed E-state index contributed by atoms with van der Waals surface area (Å²) < 4.78 is 5.76. The molecule has 2 aromatic carbocycles. The van der Waals surface area contributed by atoms with Crippen LogP contribution in [0.1, 0.15) is 49.3 Å². The van der Waals surface area contributed by atoms with E-state index in [1.54, 1.807) is 36.4 Å². The third-order valence-corrected chi connectivity index (χ3v) is 5.52. The molecule has 0 aromatic heterocycles. The number of nitrogens with one attached hydrogen (secondary N) is 1. The Kier molecular flexibility index (Phi) is 7.24. The van der Waals surface area contributed by atoms with Gasteiger partial charge in [-0.05, 0) is 48.6 Å². The molecule has 30 heavy (non-hydrogen) atoms. The molecule has 5 heteroatoms. The van der Waals surface area contributed by atoms with E-state index in [2.05, 4.69) is 18.3 Å². The number of hydrogen-bond acceptors (Lipinski definition) is 4. The Bertz CT molecular complexity index is 996. The fraction of sp³-hybridized carbons (Fsp3) is 0.320. The third kappa shape index (κ3) is 5.49. The highest BCUT2D eigenvalue weighted by Crippen LogP contribution is 2.24. The van der Waals surface area contributed by atoms with Gasteiger partial charge in [0.1, 0.15) is 24.0 Å². The lowest BCUT2D eigenvalue weighted by Gasteiger charge is -2.29. The number of carbonyl (C=O) groups excluding carboxylic acids is 1. The summed E-state index contributed by atoms with van der Waals surface area (Å²) in [6.07, 6.45) is 5.98. The van der Waals surface area contributed by atoms with Gasteiger partial charge in [0, 0.05) is 11.6 Å². The van der Waals surface area contributed by atoms with Gasteiger partial charge in [-0.2, -0.15) is 10.5 Å². The number of rotatable bonds is 6. The van der Waals surface area contributed by atoms with Gasteiger partial charge < -0.3 is 10.1 Å². The molecule has 0 spiro atoms. The molecule has 1 fully saturated rings. The first kappa shape index (κ1) is 21.1. The van der Waals surface area contributed by atoms with Gasteiger partial charge in [0.05, 0.1) is 11.6 Å². The van der Waals surface area contributed by atoms with Gasteiger partial charge in [-0.1, -0.05) is 50.1 Å². The molecule has 1 aliphatic carbocycles. The van der Waals surface area contributed by atoms with Crippen LogP contribution >= 0.6 is 0 Å². The van der Waals surface area contributed by atoms with Crippen LogP contribution in [0.4, 0.5) is 0 Å². The second-order valence-electron chi connectivity index (χ2n) is 7.64. The molecule has 0 heterocycles. The second-order valence-corrected chi connectivity index (χ2v) is 7.64. The van der Waals surface area contributed by atoms with Gasteiger partial charge in [0.15, 0.2) is 0 Å². The SMILES string of the molecule is C[C@@H]1CCCC[C@H]1NC(=O)/C(C#N)=C/c1ccc(OCc2ccccc2C#N)cc1. The van der Waals surface area contributed by atoms with E-state index in [0.717, 1.165) is 30.4 Å². The lowest BCUT2D eigenvalue weighted by atomic mass is 9.86. The van der Waals surface area contributed by atoms with Crippen LogP contribution < -0.4 is 10.1 Å². The van der Waals surface area contributed by atoms with E-state index < -0.39 is 0 Å². The molecular formula is C25H25N3O2. The van der Waals surface area contributed by atoms with Crippen LogP contribution in [0.25, 0.3) is 6.08 Å². The van der Waals surface area contributed by atoms with Crippen molar-refractivity contribution in [1.29, 1.82) is 10.5 Å². The summed E-state index contributed by atoms with van der Waals surface area (Å²) in [5, 5.41) is 21.6. The van der Waals surface area contributed by atoms with Crippen LogP contribution in [0.2, 0.25) is 0 Å². The van der Waals surface area contributed by atoms with Gasteiger partial charge in [-0.3, -0.25) is 4.79 Å². The van der Waals surface area contributed by atoms with Crippen molar-refractivity contribution in [2.45, 2.75) is 45.3 Å². The van der Waals surface area contributed by atoms with Crippen LogP contribution in [-0.4, -0.2) is 11.9 Å². The summed E-state index contributed by atoms with van der Waals surface area (Å²) in [5.41, 5.74) is 2.27. The zero-order valence-electron chi connectivity index (χ0n) is 17.1. The number of ether oxygens (including phenoxy) is 1. The molecule has 152 valence electrons. The highest BCUT2D eigenvalue weighted by Gasteiger charge is 2.24. The molecule has 0 aliphatic heterocycles. The van der Waals surface area contributed by atoms with E-state index in [9.17, 15) is 10.1 Å². The van der Waals surface area contributed by atoms with Gasteiger partial charge in [-0.25, -0.2) is 0 Å². The van der Waals surface area contributed by atoms with Crippen molar-refractivity contribution in [3.05, 3.63) is 70.8 Å². The van der Waals surface area contributed by atoms with Gasteiger partial charge in [0.2, 0.25) is 0 Å². The molecule has 0 saturated heterocycles. The molecule has 0 radical (unpaired) electrons. The maximum atomic E-state index is 12.5. The summed E-state index contributed by atoms with van der Waals surface area (Å²) in [4.78, 5) is 12.5. The van der Waals surface area contributed by atoms with E-state index in [1.807, 2.05) is 24.3 Å². The lowest BCUT2D eigenvalue weighted by molar-refractivity contribution is -0.118. The van der Waals surface area contributed by atoms with Crippen molar-refractivity contribution in [2.75, 3.05) is 0 Å². The van der Waals surface area contributed by atoms with Crippen molar-refractivity contribution in [1.82, 2.24) is 5.32 Å². The minimum absolute atomic E-state index is 0.101. The Morgan fingerprint density at radius 1 is 1.13 bits per heavy atom. The number of nitrogens with zero attached hydrogens (tertiary/aromatic N) is 2. The molecule has 1 aliphatic rings.